The number of aromatic nitrogens is 2. The molecular formula is C20H17F7N2O2. The Bertz CT molecular complexity index is 977. The molecule has 168 valence electrons. The first-order valence-electron chi connectivity index (χ1n) is 9.56. The summed E-state index contributed by atoms with van der Waals surface area (Å²) in [7, 11) is 0. The van der Waals surface area contributed by atoms with Crippen LogP contribution in [0.25, 0.3) is 0 Å². The molecule has 1 heterocycles. The summed E-state index contributed by atoms with van der Waals surface area (Å²) < 4.78 is 102. The maximum absolute atomic E-state index is 14.7. The van der Waals surface area contributed by atoms with Crippen molar-refractivity contribution in [2.45, 2.75) is 56.4 Å². The monoisotopic (exact) mass is 450 g/mol. The van der Waals surface area contributed by atoms with Crippen LogP contribution in [0.3, 0.4) is 0 Å². The van der Waals surface area contributed by atoms with Gasteiger partial charge in [-0.15, -0.1) is 0 Å². The number of halogens is 7. The minimum atomic E-state index is -5.09. The van der Waals surface area contributed by atoms with Gasteiger partial charge in [0.25, 0.3) is 5.92 Å². The Balaban J connectivity index is 1.72. The van der Waals surface area contributed by atoms with Crippen molar-refractivity contribution in [3.05, 3.63) is 52.8 Å². The van der Waals surface area contributed by atoms with Crippen LogP contribution in [0.1, 0.15) is 52.7 Å². The van der Waals surface area contributed by atoms with Gasteiger partial charge in [-0.05, 0) is 24.5 Å². The van der Waals surface area contributed by atoms with Gasteiger partial charge in [0, 0.05) is 31.5 Å². The maximum atomic E-state index is 14.7. The molecule has 0 bridgehead atoms. The Hall–Kier alpha value is -2.59. The average molecular weight is 450 g/mol. The molecule has 2 aliphatic carbocycles. The summed E-state index contributed by atoms with van der Waals surface area (Å²) in [5.41, 5.74) is -2.75. The molecule has 1 atom stereocenters. The lowest BCUT2D eigenvalue weighted by molar-refractivity contribution is -0.151. The lowest BCUT2D eigenvalue weighted by atomic mass is 9.81. The second kappa shape index (κ2) is 7.23. The molecular weight excluding hydrogens is 433 g/mol. The molecule has 31 heavy (non-hydrogen) atoms. The summed E-state index contributed by atoms with van der Waals surface area (Å²) >= 11 is 0. The number of ether oxygens (including phenoxy) is 1. The van der Waals surface area contributed by atoms with E-state index >= 15 is 0 Å². The number of alkyl halides is 7. The third-order valence-electron chi connectivity index (χ3n) is 5.55. The third-order valence-corrected chi connectivity index (χ3v) is 5.55. The number of rotatable bonds is 4. The topological polar surface area (TPSA) is 44.1 Å². The second-order valence-corrected chi connectivity index (χ2v) is 7.93. The van der Waals surface area contributed by atoms with Crippen LogP contribution >= 0.6 is 0 Å². The lowest BCUT2D eigenvalue weighted by Crippen LogP contribution is -2.39. The molecule has 0 radical (unpaired) electrons. The zero-order chi connectivity index (χ0) is 22.6. The van der Waals surface area contributed by atoms with Crippen LogP contribution < -0.4 is 0 Å². The van der Waals surface area contributed by atoms with Gasteiger partial charge in [-0.1, -0.05) is 18.2 Å². The molecule has 0 aliphatic heterocycles. The van der Waals surface area contributed by atoms with Crippen LogP contribution in [0.4, 0.5) is 30.7 Å². The van der Waals surface area contributed by atoms with Gasteiger partial charge in [-0.3, -0.25) is 4.68 Å². The van der Waals surface area contributed by atoms with E-state index in [4.69, 9.17) is 4.74 Å². The minimum absolute atomic E-state index is 0.0944. The van der Waals surface area contributed by atoms with Crippen molar-refractivity contribution < 1.29 is 40.3 Å². The molecule has 1 saturated carbocycles. The second-order valence-electron chi connectivity index (χ2n) is 7.93. The number of benzene rings is 1. The van der Waals surface area contributed by atoms with Gasteiger partial charge in [0.1, 0.15) is 0 Å². The molecule has 0 saturated heterocycles. The fourth-order valence-corrected chi connectivity index (χ4v) is 4.09. The maximum Gasteiger partial charge on any atom is 0.435 e. The summed E-state index contributed by atoms with van der Waals surface area (Å²) in [5.74, 6) is -8.45. The summed E-state index contributed by atoms with van der Waals surface area (Å²) in [6.45, 7) is -0.251. The van der Waals surface area contributed by atoms with Gasteiger partial charge in [0.05, 0.1) is 11.1 Å². The van der Waals surface area contributed by atoms with Crippen LogP contribution in [0.5, 0.6) is 0 Å². The van der Waals surface area contributed by atoms with E-state index in [9.17, 15) is 35.5 Å². The molecule has 2 aromatic rings. The zero-order valence-corrected chi connectivity index (χ0v) is 15.9. The van der Waals surface area contributed by atoms with Crippen LogP contribution in [-0.2, 0) is 23.9 Å². The van der Waals surface area contributed by atoms with Crippen molar-refractivity contribution in [1.29, 1.82) is 0 Å². The number of fused-ring (bicyclic) bond motifs is 1. The number of hydrogen-bond donors (Lipinski definition) is 0. The van der Waals surface area contributed by atoms with Crippen molar-refractivity contribution in [3.8, 4) is 0 Å². The first-order chi connectivity index (χ1) is 14.4. The van der Waals surface area contributed by atoms with Gasteiger partial charge in [0.15, 0.2) is 11.8 Å². The molecule has 0 amide bonds. The van der Waals surface area contributed by atoms with Crippen molar-refractivity contribution in [1.82, 2.24) is 9.78 Å². The van der Waals surface area contributed by atoms with Gasteiger partial charge in [-0.25, -0.2) is 22.4 Å². The molecule has 4 nitrogen and oxygen atoms in total. The van der Waals surface area contributed by atoms with E-state index in [0.717, 1.165) is 4.68 Å². The van der Waals surface area contributed by atoms with E-state index in [1.54, 1.807) is 6.07 Å². The van der Waals surface area contributed by atoms with Crippen LogP contribution in [0.2, 0.25) is 0 Å². The number of hydrogen-bond acceptors (Lipinski definition) is 3. The van der Waals surface area contributed by atoms with E-state index < -0.39 is 73.0 Å². The minimum Gasteiger partial charge on any atom is -0.447 e. The molecule has 11 heteroatoms. The summed E-state index contributed by atoms with van der Waals surface area (Å²) in [6.07, 6.45) is -9.91. The van der Waals surface area contributed by atoms with E-state index in [1.165, 1.54) is 24.3 Å². The van der Waals surface area contributed by atoms with Crippen LogP contribution in [-0.4, -0.2) is 27.6 Å². The van der Waals surface area contributed by atoms with Gasteiger partial charge in [0.2, 0.25) is 5.92 Å². The highest BCUT2D eigenvalue weighted by Gasteiger charge is 2.54. The Morgan fingerprint density at radius 3 is 2.35 bits per heavy atom. The highest BCUT2D eigenvalue weighted by Crippen LogP contribution is 2.50. The smallest absolute Gasteiger partial charge is 0.435 e. The summed E-state index contributed by atoms with van der Waals surface area (Å²) in [6, 6.07) is 7.05. The quantitative estimate of drug-likeness (QED) is 0.461. The largest absolute Gasteiger partial charge is 0.447 e. The molecule has 0 N–H and O–H groups in total. The Morgan fingerprint density at radius 1 is 1.13 bits per heavy atom. The Labute approximate surface area is 172 Å². The molecule has 1 aromatic heterocycles. The zero-order valence-electron chi connectivity index (χ0n) is 15.9. The standard InChI is InChI=1S/C20H17F7N2O2/c21-18(22)8-11(9-18)10-29-13-6-7-19(23,24)16(14(13)15(28-29)20(25,26)27)31-17(30)12-4-2-1-3-5-12/h1-5,11,16H,6-10H2/t16-/m0/s1. The number of esters is 1. The molecule has 4 rings (SSSR count). The number of carbonyl (C=O) groups is 1. The molecule has 0 unspecified atom stereocenters. The predicted octanol–water partition coefficient (Wildman–Crippen LogP) is 5.43. The Morgan fingerprint density at radius 2 is 1.77 bits per heavy atom. The summed E-state index contributed by atoms with van der Waals surface area (Å²) in [4.78, 5) is 12.3. The first kappa shape index (κ1) is 21.6. The van der Waals surface area contributed by atoms with Crippen LogP contribution in [0.15, 0.2) is 30.3 Å². The van der Waals surface area contributed by atoms with Gasteiger partial charge >= 0.3 is 12.1 Å². The number of carbonyl (C=O) groups excluding carboxylic acids is 1. The average Bonchev–Trinajstić information content (AvgIpc) is 3.02. The molecule has 1 fully saturated rings. The van der Waals surface area contributed by atoms with E-state index in [0.29, 0.717) is 0 Å². The van der Waals surface area contributed by atoms with Crippen LogP contribution in [0, 0.1) is 5.92 Å². The van der Waals surface area contributed by atoms with Crippen molar-refractivity contribution in [2.24, 2.45) is 5.92 Å². The van der Waals surface area contributed by atoms with Gasteiger partial charge in [-0.2, -0.15) is 18.3 Å². The predicted molar refractivity (Wildman–Crippen MR) is 92.8 cm³/mol. The number of nitrogens with zero attached hydrogens (tertiary/aromatic N) is 2. The highest BCUT2D eigenvalue weighted by molar-refractivity contribution is 5.89. The van der Waals surface area contributed by atoms with Crippen molar-refractivity contribution in [2.75, 3.05) is 0 Å². The third kappa shape index (κ3) is 4.14. The van der Waals surface area contributed by atoms with E-state index in [-0.39, 0.29) is 17.8 Å². The molecule has 1 aromatic carbocycles. The van der Waals surface area contributed by atoms with Crippen molar-refractivity contribution >= 4 is 5.97 Å². The van der Waals surface area contributed by atoms with Crippen molar-refractivity contribution in [3.63, 3.8) is 0 Å². The normalized spacial score (nSPS) is 22.5. The fraction of sp³-hybridized carbons (Fsp3) is 0.500. The highest BCUT2D eigenvalue weighted by atomic mass is 19.4. The molecule has 0 spiro atoms. The van der Waals surface area contributed by atoms with E-state index in [2.05, 4.69) is 5.10 Å². The SMILES string of the molecule is O=C(O[C@H]1c2c(C(F)(F)F)nn(CC3CC(F)(F)C3)c2CCC1(F)F)c1ccccc1. The fourth-order valence-electron chi connectivity index (χ4n) is 4.09. The first-order valence-corrected chi connectivity index (χ1v) is 9.56. The van der Waals surface area contributed by atoms with E-state index in [1.807, 2.05) is 0 Å². The van der Waals surface area contributed by atoms with Gasteiger partial charge < -0.3 is 4.74 Å². The molecule has 2 aliphatic rings. The lowest BCUT2D eigenvalue weighted by Gasteiger charge is -2.36. The Kier molecular flexibility index (Phi) is 5.05. The summed E-state index contributed by atoms with van der Waals surface area (Å²) in [5, 5.41) is 3.45.